The largest absolute Gasteiger partial charge is 0.490 e. The maximum Gasteiger partial charge on any atom is 0.286 e. The number of pyridine rings is 1. The average molecular weight is 526 g/mol. The van der Waals surface area contributed by atoms with Gasteiger partial charge in [0.2, 0.25) is 15.7 Å². The highest BCUT2D eigenvalue weighted by Crippen LogP contribution is 2.24. The number of carbonyl (C=O) groups is 2. The number of nitrogens with one attached hydrogen (secondary N) is 1. The topological polar surface area (TPSA) is 124 Å². The molecule has 2 aromatic carbocycles. The maximum absolute atomic E-state index is 12.6. The molecule has 2 amide bonds. The summed E-state index contributed by atoms with van der Waals surface area (Å²) in [5.41, 5.74) is 2.25. The summed E-state index contributed by atoms with van der Waals surface area (Å²) in [7, 11) is -3.68. The number of ether oxygens (including phenoxy) is 1. The second-order valence-electron chi connectivity index (χ2n) is 7.79. The Morgan fingerprint density at radius 2 is 1.78 bits per heavy atom. The molecule has 186 valence electrons. The number of thioether (sulfide) groups is 1. The van der Waals surface area contributed by atoms with E-state index in [4.69, 9.17) is 9.57 Å². The molecule has 0 aliphatic carbocycles. The zero-order valence-corrected chi connectivity index (χ0v) is 20.9. The number of oxime groups is 1. The Labute approximate surface area is 212 Å². The molecule has 1 saturated heterocycles. The van der Waals surface area contributed by atoms with Crippen molar-refractivity contribution in [3.8, 4) is 5.75 Å². The van der Waals surface area contributed by atoms with Gasteiger partial charge in [-0.25, -0.2) is 13.4 Å². The SMILES string of the molecule is CC(=NOCCOc1ccc(CC2SC(=O)NC2=O)cc1)c1ccc(S(=O)(=O)c2ccccn2)cc1. The van der Waals surface area contributed by atoms with Crippen LogP contribution in [0.3, 0.4) is 0 Å². The number of carbonyl (C=O) groups excluding carboxylic acids is 2. The molecule has 0 saturated carbocycles. The summed E-state index contributed by atoms with van der Waals surface area (Å²) in [5.74, 6) is 0.385. The van der Waals surface area contributed by atoms with Gasteiger partial charge in [-0.3, -0.25) is 14.9 Å². The Bertz CT molecular complexity index is 1360. The summed E-state index contributed by atoms with van der Waals surface area (Å²) < 4.78 is 30.9. The molecule has 36 heavy (non-hydrogen) atoms. The lowest BCUT2D eigenvalue weighted by atomic mass is 10.1. The van der Waals surface area contributed by atoms with Gasteiger partial charge in [-0.05, 0) is 60.9 Å². The van der Waals surface area contributed by atoms with Gasteiger partial charge in [-0.15, -0.1) is 0 Å². The van der Waals surface area contributed by atoms with Crippen molar-refractivity contribution >= 4 is 38.5 Å². The minimum Gasteiger partial charge on any atom is -0.490 e. The van der Waals surface area contributed by atoms with E-state index in [1.807, 2.05) is 12.1 Å². The average Bonchev–Trinajstić information content (AvgIpc) is 3.21. The molecule has 0 bridgehead atoms. The molecule has 1 fully saturated rings. The van der Waals surface area contributed by atoms with Gasteiger partial charge in [-0.1, -0.05) is 47.2 Å². The molecule has 1 atom stereocenters. The van der Waals surface area contributed by atoms with Crippen molar-refractivity contribution in [2.75, 3.05) is 13.2 Å². The van der Waals surface area contributed by atoms with Gasteiger partial charge in [0, 0.05) is 6.20 Å². The van der Waals surface area contributed by atoms with Crippen molar-refractivity contribution in [1.29, 1.82) is 0 Å². The first-order chi connectivity index (χ1) is 17.3. The zero-order chi connectivity index (χ0) is 25.5. The predicted octanol–water partition coefficient (Wildman–Crippen LogP) is 3.63. The van der Waals surface area contributed by atoms with Crippen LogP contribution in [0.15, 0.2) is 88.0 Å². The fourth-order valence-electron chi connectivity index (χ4n) is 3.36. The molecule has 11 heteroatoms. The summed E-state index contributed by atoms with van der Waals surface area (Å²) in [6.07, 6.45) is 1.91. The van der Waals surface area contributed by atoms with Crippen LogP contribution >= 0.6 is 11.8 Å². The summed E-state index contributed by atoms with van der Waals surface area (Å²) in [6.45, 7) is 2.25. The highest BCUT2D eigenvalue weighted by atomic mass is 32.2. The first-order valence-electron chi connectivity index (χ1n) is 11.0. The van der Waals surface area contributed by atoms with Crippen LogP contribution in [0.1, 0.15) is 18.1 Å². The van der Waals surface area contributed by atoms with Crippen molar-refractivity contribution in [3.05, 3.63) is 84.1 Å². The number of hydrogen-bond donors (Lipinski definition) is 1. The first kappa shape index (κ1) is 25.4. The van der Waals surface area contributed by atoms with E-state index >= 15 is 0 Å². The molecular formula is C25H23N3O6S2. The number of imide groups is 1. The summed E-state index contributed by atoms with van der Waals surface area (Å²) in [6, 6.07) is 18.4. The number of rotatable bonds is 10. The zero-order valence-electron chi connectivity index (χ0n) is 19.3. The number of sulfone groups is 1. The lowest BCUT2D eigenvalue weighted by Crippen LogP contribution is -2.25. The van der Waals surface area contributed by atoms with Gasteiger partial charge in [-0.2, -0.15) is 0 Å². The van der Waals surface area contributed by atoms with E-state index in [1.165, 1.54) is 24.4 Å². The third-order valence-corrected chi connectivity index (χ3v) is 7.92. The van der Waals surface area contributed by atoms with Crippen LogP contribution in [0.5, 0.6) is 5.75 Å². The van der Waals surface area contributed by atoms with Gasteiger partial charge in [0.15, 0.2) is 11.6 Å². The van der Waals surface area contributed by atoms with Crippen LogP contribution in [0, 0.1) is 0 Å². The molecule has 1 N–H and O–H groups in total. The molecule has 1 aromatic heterocycles. The predicted molar refractivity (Wildman–Crippen MR) is 135 cm³/mol. The fraction of sp³-hybridized carbons (Fsp3) is 0.200. The summed E-state index contributed by atoms with van der Waals surface area (Å²) >= 11 is 1.00. The molecule has 3 aromatic rings. The van der Waals surface area contributed by atoms with Crippen molar-refractivity contribution in [1.82, 2.24) is 10.3 Å². The second-order valence-corrected chi connectivity index (χ2v) is 10.9. The van der Waals surface area contributed by atoms with E-state index in [9.17, 15) is 18.0 Å². The fourth-order valence-corrected chi connectivity index (χ4v) is 5.41. The van der Waals surface area contributed by atoms with E-state index in [0.29, 0.717) is 17.9 Å². The third kappa shape index (κ3) is 6.29. The molecular weight excluding hydrogens is 502 g/mol. The van der Waals surface area contributed by atoms with E-state index < -0.39 is 15.1 Å². The lowest BCUT2D eigenvalue weighted by molar-refractivity contribution is -0.118. The van der Waals surface area contributed by atoms with Gasteiger partial charge in [0.25, 0.3) is 5.24 Å². The van der Waals surface area contributed by atoms with Crippen LogP contribution in [-0.4, -0.2) is 48.7 Å². The van der Waals surface area contributed by atoms with Crippen molar-refractivity contribution in [3.63, 3.8) is 0 Å². The van der Waals surface area contributed by atoms with Crippen LogP contribution in [-0.2, 0) is 25.9 Å². The van der Waals surface area contributed by atoms with E-state index in [0.717, 1.165) is 22.9 Å². The number of benzene rings is 2. The Morgan fingerprint density at radius 3 is 2.42 bits per heavy atom. The van der Waals surface area contributed by atoms with Gasteiger partial charge in [0.05, 0.1) is 15.9 Å². The lowest BCUT2D eigenvalue weighted by Gasteiger charge is -2.09. The molecule has 4 rings (SSSR count). The standard InChI is InChI=1S/C25H23N3O6S2/c1-17(19-7-11-21(12-8-19)36(31,32)23-4-2-3-13-26-23)28-34-15-14-33-20-9-5-18(6-10-20)16-22-24(29)27-25(30)35-22/h2-13,22H,14-16H2,1H3,(H,27,29,30). The van der Waals surface area contributed by atoms with Crippen LogP contribution < -0.4 is 10.1 Å². The minimum absolute atomic E-state index is 0.00202. The quantitative estimate of drug-likeness (QED) is 0.242. The van der Waals surface area contributed by atoms with Crippen LogP contribution in [0.2, 0.25) is 0 Å². The number of hydrogen-bond acceptors (Lipinski definition) is 9. The Morgan fingerprint density at radius 1 is 1.03 bits per heavy atom. The molecule has 1 aliphatic rings. The van der Waals surface area contributed by atoms with E-state index in [-0.39, 0.29) is 34.3 Å². The molecule has 1 unspecified atom stereocenters. The Kier molecular flexibility index (Phi) is 8.01. The second kappa shape index (κ2) is 11.4. The molecule has 0 spiro atoms. The summed E-state index contributed by atoms with van der Waals surface area (Å²) in [5, 5.41) is 5.63. The van der Waals surface area contributed by atoms with Gasteiger partial charge < -0.3 is 9.57 Å². The maximum atomic E-state index is 12.6. The summed E-state index contributed by atoms with van der Waals surface area (Å²) in [4.78, 5) is 32.3. The van der Waals surface area contributed by atoms with E-state index in [1.54, 1.807) is 43.3 Å². The smallest absolute Gasteiger partial charge is 0.286 e. The molecule has 1 aliphatic heterocycles. The van der Waals surface area contributed by atoms with Gasteiger partial charge in [0.1, 0.15) is 12.4 Å². The number of aromatic nitrogens is 1. The first-order valence-corrected chi connectivity index (χ1v) is 13.4. The molecule has 2 heterocycles. The Balaban J connectivity index is 1.23. The van der Waals surface area contributed by atoms with Crippen molar-refractivity contribution in [2.24, 2.45) is 5.16 Å². The third-order valence-electron chi connectivity index (χ3n) is 5.25. The molecule has 0 radical (unpaired) electrons. The highest BCUT2D eigenvalue weighted by Gasteiger charge is 2.31. The highest BCUT2D eigenvalue weighted by molar-refractivity contribution is 8.15. The van der Waals surface area contributed by atoms with Crippen molar-refractivity contribution in [2.45, 2.75) is 28.5 Å². The number of nitrogens with zero attached hydrogens (tertiary/aromatic N) is 2. The molecule has 9 nitrogen and oxygen atoms in total. The minimum atomic E-state index is -3.68. The van der Waals surface area contributed by atoms with Gasteiger partial charge >= 0.3 is 0 Å². The number of amides is 2. The van der Waals surface area contributed by atoms with Crippen LogP contribution in [0.4, 0.5) is 4.79 Å². The van der Waals surface area contributed by atoms with Crippen LogP contribution in [0.25, 0.3) is 0 Å². The normalized spacial score (nSPS) is 16.0. The Hall–Kier alpha value is -3.70. The monoisotopic (exact) mass is 525 g/mol. The van der Waals surface area contributed by atoms with E-state index in [2.05, 4.69) is 15.5 Å². The van der Waals surface area contributed by atoms with Crippen molar-refractivity contribution < 1.29 is 27.6 Å².